The molecule has 1 fully saturated rings. The number of nitrogens with zero attached hydrogens (tertiary/aromatic N) is 5. The van der Waals surface area contributed by atoms with Crippen molar-refractivity contribution in [3.05, 3.63) is 83.4 Å². The Kier molecular flexibility index (Phi) is 7.36. The van der Waals surface area contributed by atoms with Gasteiger partial charge in [-0.3, -0.25) is 4.90 Å². The van der Waals surface area contributed by atoms with Crippen LogP contribution in [0.25, 0.3) is 0 Å². The summed E-state index contributed by atoms with van der Waals surface area (Å²) in [5, 5.41) is 8.95. The minimum Gasteiger partial charge on any atom is -0.410 e. The first-order valence-corrected chi connectivity index (χ1v) is 11.1. The van der Waals surface area contributed by atoms with E-state index in [1.807, 2.05) is 22.9 Å². The maximum absolute atomic E-state index is 12.8. The quantitative estimate of drug-likeness (QED) is 0.525. The fourth-order valence-corrected chi connectivity index (χ4v) is 3.95. The summed E-state index contributed by atoms with van der Waals surface area (Å²) in [7, 11) is 0. The summed E-state index contributed by atoms with van der Waals surface area (Å²) in [4.78, 5) is 20.5. The molecule has 1 aliphatic heterocycles. The lowest BCUT2D eigenvalue weighted by Gasteiger charge is -2.34. The lowest BCUT2D eigenvalue weighted by atomic mass is 10.1. The molecule has 35 heavy (non-hydrogen) atoms. The number of hydrogen-bond donors (Lipinski definition) is 0. The van der Waals surface area contributed by atoms with Crippen molar-refractivity contribution in [3.63, 3.8) is 0 Å². The highest BCUT2D eigenvalue weighted by molar-refractivity contribution is 5.71. The van der Waals surface area contributed by atoms with Crippen LogP contribution in [0.3, 0.4) is 0 Å². The van der Waals surface area contributed by atoms with Crippen molar-refractivity contribution in [3.8, 4) is 11.8 Å². The van der Waals surface area contributed by atoms with Crippen molar-refractivity contribution in [1.29, 1.82) is 5.26 Å². The Hall–Kier alpha value is -3.84. The van der Waals surface area contributed by atoms with Gasteiger partial charge in [-0.05, 0) is 23.8 Å². The van der Waals surface area contributed by atoms with Gasteiger partial charge in [-0.1, -0.05) is 30.3 Å². The Morgan fingerprint density at radius 1 is 1.03 bits per heavy atom. The van der Waals surface area contributed by atoms with E-state index in [0.29, 0.717) is 44.8 Å². The van der Waals surface area contributed by atoms with Gasteiger partial charge in [0, 0.05) is 51.0 Å². The molecule has 182 valence electrons. The zero-order valence-corrected chi connectivity index (χ0v) is 18.9. The molecule has 0 N–H and O–H groups in total. The molecule has 2 aromatic carbocycles. The van der Waals surface area contributed by atoms with Gasteiger partial charge in [0.1, 0.15) is 5.75 Å². The van der Waals surface area contributed by atoms with E-state index in [9.17, 15) is 18.0 Å². The molecule has 0 radical (unpaired) electrons. The van der Waals surface area contributed by atoms with Gasteiger partial charge in [0.2, 0.25) is 0 Å². The van der Waals surface area contributed by atoms with E-state index in [4.69, 9.17) is 10.00 Å². The molecule has 1 aliphatic rings. The summed E-state index contributed by atoms with van der Waals surface area (Å²) in [5.41, 5.74) is 2.62. The molecule has 0 aliphatic carbocycles. The van der Waals surface area contributed by atoms with E-state index >= 15 is 0 Å². The van der Waals surface area contributed by atoms with Crippen LogP contribution in [0.2, 0.25) is 0 Å². The molecule has 0 spiro atoms. The van der Waals surface area contributed by atoms with Crippen molar-refractivity contribution in [1.82, 2.24) is 19.4 Å². The first-order valence-electron chi connectivity index (χ1n) is 11.1. The summed E-state index contributed by atoms with van der Waals surface area (Å²) >= 11 is 0. The van der Waals surface area contributed by atoms with Crippen molar-refractivity contribution in [2.75, 3.05) is 26.2 Å². The van der Waals surface area contributed by atoms with Crippen molar-refractivity contribution in [2.24, 2.45) is 0 Å². The molecule has 1 amide bonds. The molecule has 2 heterocycles. The normalized spacial score (nSPS) is 14.5. The second kappa shape index (κ2) is 10.6. The Morgan fingerprint density at radius 2 is 1.74 bits per heavy atom. The first kappa shape index (κ1) is 24.3. The van der Waals surface area contributed by atoms with Crippen LogP contribution in [0.15, 0.2) is 61.1 Å². The van der Waals surface area contributed by atoms with Gasteiger partial charge in [0.15, 0.2) is 0 Å². The third-order valence-electron chi connectivity index (χ3n) is 5.81. The summed E-state index contributed by atoms with van der Waals surface area (Å²) in [6, 6.07) is 15.2. The fraction of sp³-hybridized carbons (Fsp3) is 0.320. The standard InChI is InChI=1S/C25H24F3N5O2/c26-25(27,28)13-21-3-1-2-4-23(21)35-24(34)32-11-9-31(10-12-32)17-22-15-30-18-33(22)16-20-7-5-19(14-29)6-8-20/h1-8,15,18H,9-13,16-17H2. The molecule has 4 rings (SSSR count). The number of imidazole rings is 1. The number of rotatable bonds is 6. The van der Waals surface area contributed by atoms with Gasteiger partial charge >= 0.3 is 12.3 Å². The van der Waals surface area contributed by atoms with E-state index in [-0.39, 0.29) is 11.3 Å². The van der Waals surface area contributed by atoms with E-state index in [2.05, 4.69) is 16.0 Å². The number of alkyl halides is 3. The second-order valence-corrected chi connectivity index (χ2v) is 8.35. The van der Waals surface area contributed by atoms with Gasteiger partial charge in [-0.25, -0.2) is 9.78 Å². The van der Waals surface area contributed by atoms with E-state index in [1.54, 1.807) is 24.5 Å². The number of para-hydroxylation sites is 1. The van der Waals surface area contributed by atoms with E-state index in [0.717, 1.165) is 11.3 Å². The zero-order chi connectivity index (χ0) is 24.8. The van der Waals surface area contributed by atoms with Crippen LogP contribution < -0.4 is 4.74 Å². The molecule has 0 saturated carbocycles. The molecule has 0 unspecified atom stereocenters. The van der Waals surface area contributed by atoms with Crippen LogP contribution in [0.4, 0.5) is 18.0 Å². The van der Waals surface area contributed by atoms with Crippen LogP contribution >= 0.6 is 0 Å². The predicted molar refractivity (Wildman–Crippen MR) is 122 cm³/mol. The zero-order valence-electron chi connectivity index (χ0n) is 18.9. The van der Waals surface area contributed by atoms with Gasteiger partial charge in [-0.2, -0.15) is 18.4 Å². The van der Waals surface area contributed by atoms with Crippen LogP contribution in [0.1, 0.15) is 22.4 Å². The lowest BCUT2D eigenvalue weighted by Crippen LogP contribution is -2.49. The third kappa shape index (κ3) is 6.61. The predicted octanol–water partition coefficient (Wildman–Crippen LogP) is 4.22. The van der Waals surface area contributed by atoms with Crippen LogP contribution in [-0.2, 0) is 19.5 Å². The van der Waals surface area contributed by atoms with E-state index < -0.39 is 18.7 Å². The third-order valence-corrected chi connectivity index (χ3v) is 5.81. The Bertz CT molecular complexity index is 1190. The molecule has 3 aromatic rings. The highest BCUT2D eigenvalue weighted by atomic mass is 19.4. The smallest absolute Gasteiger partial charge is 0.410 e. The van der Waals surface area contributed by atoms with Crippen molar-refractivity contribution in [2.45, 2.75) is 25.7 Å². The largest absolute Gasteiger partial charge is 0.415 e. The highest BCUT2D eigenvalue weighted by Gasteiger charge is 2.30. The number of benzene rings is 2. The molecule has 1 aromatic heterocycles. The number of ether oxygens (including phenoxy) is 1. The number of hydrogen-bond acceptors (Lipinski definition) is 5. The summed E-state index contributed by atoms with van der Waals surface area (Å²) in [5.74, 6) is -0.0658. The van der Waals surface area contributed by atoms with E-state index in [1.165, 1.54) is 23.1 Å². The summed E-state index contributed by atoms with van der Waals surface area (Å²) in [6.07, 6.45) is -2.62. The molecular weight excluding hydrogens is 459 g/mol. The molecule has 10 heteroatoms. The van der Waals surface area contributed by atoms with Gasteiger partial charge in [0.25, 0.3) is 0 Å². The van der Waals surface area contributed by atoms with Gasteiger partial charge in [0.05, 0.1) is 30.1 Å². The second-order valence-electron chi connectivity index (χ2n) is 8.35. The number of amides is 1. The molecular formula is C25H24F3N5O2. The number of aromatic nitrogens is 2. The molecule has 0 atom stereocenters. The SMILES string of the molecule is N#Cc1ccc(Cn2cncc2CN2CCN(C(=O)Oc3ccccc3CC(F)(F)F)CC2)cc1. The number of halogens is 3. The average molecular weight is 483 g/mol. The average Bonchev–Trinajstić information content (AvgIpc) is 3.26. The van der Waals surface area contributed by atoms with Crippen LogP contribution in [-0.4, -0.2) is 57.8 Å². The maximum atomic E-state index is 12.8. The van der Waals surface area contributed by atoms with Crippen LogP contribution in [0, 0.1) is 11.3 Å². The molecule has 7 nitrogen and oxygen atoms in total. The molecule has 0 bridgehead atoms. The van der Waals surface area contributed by atoms with Crippen molar-refractivity contribution < 1.29 is 22.7 Å². The summed E-state index contributed by atoms with van der Waals surface area (Å²) in [6.45, 7) is 3.29. The topological polar surface area (TPSA) is 74.4 Å². The fourth-order valence-electron chi connectivity index (χ4n) is 3.95. The number of nitriles is 1. The maximum Gasteiger partial charge on any atom is 0.415 e. The summed E-state index contributed by atoms with van der Waals surface area (Å²) < 4.78 is 45.8. The monoisotopic (exact) mass is 483 g/mol. The first-order chi connectivity index (χ1) is 16.8. The number of carbonyl (C=O) groups is 1. The Labute approximate surface area is 201 Å². The van der Waals surface area contributed by atoms with Gasteiger partial charge < -0.3 is 14.2 Å². The van der Waals surface area contributed by atoms with Gasteiger partial charge in [-0.15, -0.1) is 0 Å². The number of carbonyl (C=O) groups excluding carboxylic acids is 1. The lowest BCUT2D eigenvalue weighted by molar-refractivity contribution is -0.127. The molecule has 1 saturated heterocycles. The highest BCUT2D eigenvalue weighted by Crippen LogP contribution is 2.28. The van der Waals surface area contributed by atoms with Crippen LogP contribution in [0.5, 0.6) is 5.75 Å². The Morgan fingerprint density at radius 3 is 2.43 bits per heavy atom. The Balaban J connectivity index is 1.30. The van der Waals surface area contributed by atoms with Crippen molar-refractivity contribution >= 4 is 6.09 Å². The number of piperazine rings is 1. The minimum atomic E-state index is -4.39. The minimum absolute atomic E-state index is 0.0658.